The number of hydrogen-bond donors (Lipinski definition) is 2. The molecule has 1 aromatic carbocycles. The van der Waals surface area contributed by atoms with Gasteiger partial charge in [0, 0.05) is 34.7 Å². The van der Waals surface area contributed by atoms with Gasteiger partial charge in [-0.3, -0.25) is 14.9 Å². The van der Waals surface area contributed by atoms with Crippen molar-refractivity contribution in [2.45, 2.75) is 33.4 Å². The lowest BCUT2D eigenvalue weighted by Crippen LogP contribution is -2.31. The molecule has 1 aromatic heterocycles. The maximum atomic E-state index is 11.3. The fourth-order valence-corrected chi connectivity index (χ4v) is 3.58. The van der Waals surface area contributed by atoms with Crippen LogP contribution in [0.2, 0.25) is 0 Å². The Kier molecular flexibility index (Phi) is 5.36. The van der Waals surface area contributed by atoms with Crippen molar-refractivity contribution in [3.05, 3.63) is 61.8 Å². The topological polar surface area (TPSA) is 98.3 Å². The third-order valence-corrected chi connectivity index (χ3v) is 4.69. The van der Waals surface area contributed by atoms with Crippen molar-refractivity contribution >= 4 is 22.9 Å². The number of benzene rings is 1. The fraction of sp³-hybridized carbons (Fsp3) is 0.353. The summed E-state index contributed by atoms with van der Waals surface area (Å²) in [5.41, 5.74) is 5.71. The molecule has 2 aromatic rings. The van der Waals surface area contributed by atoms with Crippen LogP contribution in [0.1, 0.15) is 47.6 Å². The van der Waals surface area contributed by atoms with E-state index in [9.17, 15) is 14.9 Å². The first kappa shape index (κ1) is 18.1. The summed E-state index contributed by atoms with van der Waals surface area (Å²) in [4.78, 5) is 23.2. The van der Waals surface area contributed by atoms with Crippen LogP contribution in [0.5, 0.6) is 0 Å². The van der Waals surface area contributed by atoms with Gasteiger partial charge in [0.2, 0.25) is 5.91 Å². The highest BCUT2D eigenvalue weighted by Gasteiger charge is 2.27. The standard InChI is InChI=1S/C17H21N3O3S/c1-17(2,3)15(14-5-4-8-24-14)19-10-12-7-6-11(16(18)21)9-13(12)20(22)23/h4-9,15,19H,10H2,1-3H3,(H2,18,21)/t15-/m1/s1. The van der Waals surface area contributed by atoms with Gasteiger partial charge in [-0.05, 0) is 22.9 Å². The van der Waals surface area contributed by atoms with E-state index in [0.29, 0.717) is 12.1 Å². The molecule has 1 heterocycles. The number of thiophene rings is 1. The van der Waals surface area contributed by atoms with Gasteiger partial charge in [0.15, 0.2) is 0 Å². The summed E-state index contributed by atoms with van der Waals surface area (Å²) in [6, 6.07) is 8.44. The maximum absolute atomic E-state index is 11.3. The molecule has 7 heteroatoms. The molecule has 1 amide bonds. The molecule has 0 aliphatic heterocycles. The predicted octanol–water partition coefficient (Wildman–Crippen LogP) is 3.63. The van der Waals surface area contributed by atoms with Crippen LogP contribution in [-0.2, 0) is 6.54 Å². The van der Waals surface area contributed by atoms with E-state index < -0.39 is 10.8 Å². The minimum absolute atomic E-state index is 0.0488. The van der Waals surface area contributed by atoms with Crippen LogP contribution in [0, 0.1) is 15.5 Å². The Labute approximate surface area is 144 Å². The Hall–Kier alpha value is -2.25. The highest BCUT2D eigenvalue weighted by atomic mass is 32.1. The predicted molar refractivity (Wildman–Crippen MR) is 95.0 cm³/mol. The monoisotopic (exact) mass is 347 g/mol. The average Bonchev–Trinajstić information content (AvgIpc) is 2.99. The summed E-state index contributed by atoms with van der Waals surface area (Å²) in [5.74, 6) is -0.677. The quantitative estimate of drug-likeness (QED) is 0.616. The van der Waals surface area contributed by atoms with Crippen molar-refractivity contribution in [3.63, 3.8) is 0 Å². The SMILES string of the molecule is CC(C)(C)[C@H](NCc1ccc(C(N)=O)cc1[N+](=O)[O-])c1cccs1. The van der Waals surface area contributed by atoms with Crippen molar-refractivity contribution in [2.75, 3.05) is 0 Å². The molecule has 0 saturated carbocycles. The molecule has 0 aliphatic carbocycles. The summed E-state index contributed by atoms with van der Waals surface area (Å²) >= 11 is 1.65. The van der Waals surface area contributed by atoms with Gasteiger partial charge in [0.25, 0.3) is 5.69 Å². The molecule has 24 heavy (non-hydrogen) atoms. The van der Waals surface area contributed by atoms with Crippen LogP contribution < -0.4 is 11.1 Å². The van der Waals surface area contributed by atoms with Crippen LogP contribution in [-0.4, -0.2) is 10.8 Å². The van der Waals surface area contributed by atoms with Gasteiger partial charge in [-0.15, -0.1) is 11.3 Å². The number of carbonyl (C=O) groups excluding carboxylic acids is 1. The lowest BCUT2D eigenvalue weighted by Gasteiger charge is -2.31. The number of nitrogens with two attached hydrogens (primary N) is 1. The molecule has 0 unspecified atom stereocenters. The number of carbonyl (C=O) groups is 1. The average molecular weight is 347 g/mol. The van der Waals surface area contributed by atoms with E-state index in [1.54, 1.807) is 17.4 Å². The Balaban J connectivity index is 2.27. The first-order valence-electron chi connectivity index (χ1n) is 7.54. The summed E-state index contributed by atoms with van der Waals surface area (Å²) in [5, 5.41) is 16.7. The molecular formula is C17H21N3O3S. The molecule has 0 bridgehead atoms. The van der Waals surface area contributed by atoms with Crippen LogP contribution in [0.3, 0.4) is 0 Å². The molecule has 0 saturated heterocycles. The van der Waals surface area contributed by atoms with E-state index in [1.807, 2.05) is 11.4 Å². The van der Waals surface area contributed by atoms with Gasteiger partial charge < -0.3 is 11.1 Å². The number of nitrogens with one attached hydrogen (secondary N) is 1. The Morgan fingerprint density at radius 1 is 1.38 bits per heavy atom. The van der Waals surface area contributed by atoms with E-state index in [-0.39, 0.29) is 22.7 Å². The normalized spacial score (nSPS) is 12.8. The van der Waals surface area contributed by atoms with Crippen LogP contribution in [0.15, 0.2) is 35.7 Å². The Morgan fingerprint density at radius 3 is 2.58 bits per heavy atom. The number of primary amides is 1. The summed E-state index contributed by atoms with van der Waals surface area (Å²) in [7, 11) is 0. The first-order chi connectivity index (χ1) is 11.2. The molecule has 0 radical (unpaired) electrons. The van der Waals surface area contributed by atoms with Gasteiger partial charge in [-0.2, -0.15) is 0 Å². The number of nitro benzene ring substituents is 1. The van der Waals surface area contributed by atoms with Crippen LogP contribution in [0.4, 0.5) is 5.69 Å². The molecule has 128 valence electrons. The highest BCUT2D eigenvalue weighted by molar-refractivity contribution is 7.10. The number of amides is 1. The molecule has 0 spiro atoms. The van der Waals surface area contributed by atoms with E-state index in [0.717, 1.165) is 0 Å². The minimum Gasteiger partial charge on any atom is -0.366 e. The van der Waals surface area contributed by atoms with Crippen molar-refractivity contribution in [3.8, 4) is 0 Å². The van der Waals surface area contributed by atoms with E-state index in [1.165, 1.54) is 17.0 Å². The molecule has 0 aliphatic rings. The molecule has 3 N–H and O–H groups in total. The second-order valence-electron chi connectivity index (χ2n) is 6.66. The Bertz CT molecular complexity index is 736. The second-order valence-corrected chi connectivity index (χ2v) is 7.64. The summed E-state index contributed by atoms with van der Waals surface area (Å²) in [6.45, 7) is 6.69. The summed E-state index contributed by atoms with van der Waals surface area (Å²) in [6.07, 6.45) is 0. The van der Waals surface area contributed by atoms with Gasteiger partial charge in [0.1, 0.15) is 0 Å². The first-order valence-corrected chi connectivity index (χ1v) is 8.42. The van der Waals surface area contributed by atoms with E-state index in [2.05, 4.69) is 32.2 Å². The molecular weight excluding hydrogens is 326 g/mol. The lowest BCUT2D eigenvalue weighted by atomic mass is 9.85. The summed E-state index contributed by atoms with van der Waals surface area (Å²) < 4.78 is 0. The van der Waals surface area contributed by atoms with Crippen molar-refractivity contribution in [1.82, 2.24) is 5.32 Å². The zero-order valence-electron chi connectivity index (χ0n) is 13.9. The zero-order chi connectivity index (χ0) is 17.9. The van der Waals surface area contributed by atoms with Crippen LogP contribution in [0.25, 0.3) is 0 Å². The molecule has 0 fully saturated rings. The smallest absolute Gasteiger partial charge is 0.274 e. The maximum Gasteiger partial charge on any atom is 0.274 e. The minimum atomic E-state index is -0.677. The van der Waals surface area contributed by atoms with Gasteiger partial charge in [-0.25, -0.2) is 0 Å². The van der Waals surface area contributed by atoms with Crippen molar-refractivity contribution in [1.29, 1.82) is 0 Å². The zero-order valence-corrected chi connectivity index (χ0v) is 14.7. The number of hydrogen-bond acceptors (Lipinski definition) is 5. The number of nitro groups is 1. The fourth-order valence-electron chi connectivity index (χ4n) is 2.54. The third-order valence-electron chi connectivity index (χ3n) is 3.76. The number of nitrogens with zero attached hydrogens (tertiary/aromatic N) is 1. The molecule has 1 atom stereocenters. The largest absolute Gasteiger partial charge is 0.366 e. The van der Waals surface area contributed by atoms with Gasteiger partial charge >= 0.3 is 0 Å². The molecule has 2 rings (SSSR count). The highest BCUT2D eigenvalue weighted by Crippen LogP contribution is 2.35. The van der Waals surface area contributed by atoms with Crippen molar-refractivity contribution < 1.29 is 9.72 Å². The van der Waals surface area contributed by atoms with E-state index >= 15 is 0 Å². The number of rotatable bonds is 6. The van der Waals surface area contributed by atoms with Gasteiger partial charge in [-0.1, -0.05) is 32.9 Å². The lowest BCUT2D eigenvalue weighted by molar-refractivity contribution is -0.385. The van der Waals surface area contributed by atoms with Crippen molar-refractivity contribution in [2.24, 2.45) is 11.1 Å². The third kappa shape index (κ3) is 4.18. The van der Waals surface area contributed by atoms with Crippen LogP contribution >= 0.6 is 11.3 Å². The van der Waals surface area contributed by atoms with Gasteiger partial charge in [0.05, 0.1) is 4.92 Å². The second kappa shape index (κ2) is 7.11. The Morgan fingerprint density at radius 2 is 2.08 bits per heavy atom. The van der Waals surface area contributed by atoms with E-state index in [4.69, 9.17) is 5.73 Å². The molecule has 6 nitrogen and oxygen atoms in total.